The highest BCUT2D eigenvalue weighted by Crippen LogP contribution is 2.23. The Labute approximate surface area is 165 Å². The molecule has 2 heterocycles. The summed E-state index contributed by atoms with van der Waals surface area (Å²) < 4.78 is 6.41. The molecule has 1 aromatic carbocycles. The van der Waals surface area contributed by atoms with Gasteiger partial charge < -0.3 is 9.84 Å². The zero-order valence-corrected chi connectivity index (χ0v) is 15.6. The van der Waals surface area contributed by atoms with Gasteiger partial charge >= 0.3 is 0 Å². The number of nitrogens with zero attached hydrogens (tertiary/aromatic N) is 3. The number of hydrogen-bond donors (Lipinski definition) is 1. The second-order valence-electron chi connectivity index (χ2n) is 6.57. The van der Waals surface area contributed by atoms with Gasteiger partial charge in [0.1, 0.15) is 22.6 Å². The van der Waals surface area contributed by atoms with Gasteiger partial charge in [-0.3, -0.25) is 19.0 Å². The minimum atomic E-state index is -0.870. The van der Waals surface area contributed by atoms with Gasteiger partial charge in [0.05, 0.1) is 12.8 Å². The molecule has 8 nitrogen and oxygen atoms in total. The van der Waals surface area contributed by atoms with Crippen molar-refractivity contribution in [3.63, 3.8) is 0 Å². The first kappa shape index (κ1) is 18.5. The zero-order valence-electron chi connectivity index (χ0n) is 15.6. The molecule has 146 valence electrons. The summed E-state index contributed by atoms with van der Waals surface area (Å²) in [4.78, 5) is 46.9. The molecule has 4 rings (SSSR count). The Morgan fingerprint density at radius 2 is 1.90 bits per heavy atom. The summed E-state index contributed by atoms with van der Waals surface area (Å²) in [5, 5.41) is 10.1. The Morgan fingerprint density at radius 3 is 2.59 bits per heavy atom. The number of hydrogen-bond acceptors (Lipinski definition) is 7. The van der Waals surface area contributed by atoms with Crippen LogP contribution < -0.4 is 10.3 Å². The third-order valence-corrected chi connectivity index (χ3v) is 4.77. The Hall–Kier alpha value is -3.81. The lowest BCUT2D eigenvalue weighted by molar-refractivity contribution is -0.116. The lowest BCUT2D eigenvalue weighted by Gasteiger charge is -2.15. The largest absolute Gasteiger partial charge is 0.511 e. The fraction of sp³-hybridized carbons (Fsp3) is 0.190. The number of rotatable bonds is 4. The molecule has 1 aliphatic rings. The smallest absolute Gasteiger partial charge is 0.286 e. The summed E-state index contributed by atoms with van der Waals surface area (Å²) in [7, 11) is 1.53. The van der Waals surface area contributed by atoms with Gasteiger partial charge in [-0.2, -0.15) is 0 Å². The van der Waals surface area contributed by atoms with Crippen molar-refractivity contribution in [1.29, 1.82) is 0 Å². The molecule has 3 aromatic rings. The summed E-state index contributed by atoms with van der Waals surface area (Å²) in [6.45, 7) is 0. The minimum Gasteiger partial charge on any atom is -0.511 e. The van der Waals surface area contributed by atoms with E-state index in [1.165, 1.54) is 17.9 Å². The van der Waals surface area contributed by atoms with Gasteiger partial charge in [-0.05, 0) is 42.8 Å². The molecule has 0 atom stereocenters. The van der Waals surface area contributed by atoms with Crippen LogP contribution in [0.5, 0.6) is 5.75 Å². The molecule has 1 N–H and O–H groups in total. The Morgan fingerprint density at radius 1 is 1.14 bits per heavy atom. The average molecular weight is 391 g/mol. The van der Waals surface area contributed by atoms with Crippen LogP contribution in [-0.4, -0.2) is 38.3 Å². The van der Waals surface area contributed by atoms with Crippen molar-refractivity contribution in [2.24, 2.45) is 0 Å². The van der Waals surface area contributed by atoms with Crippen LogP contribution in [0.1, 0.15) is 29.8 Å². The molecule has 0 unspecified atom stereocenters. The topological polar surface area (TPSA) is 111 Å². The van der Waals surface area contributed by atoms with Crippen LogP contribution in [0.3, 0.4) is 0 Å². The second-order valence-corrected chi connectivity index (χ2v) is 6.57. The molecule has 0 aliphatic heterocycles. The highest BCUT2D eigenvalue weighted by molar-refractivity contribution is 6.26. The molecule has 0 bridgehead atoms. The number of Topliss-reactive ketones (excluding diaryl/α,β-unsaturated/α-hetero) is 2. The zero-order chi connectivity index (χ0) is 20.5. The van der Waals surface area contributed by atoms with E-state index in [0.717, 1.165) is 0 Å². The number of benzene rings is 1. The van der Waals surface area contributed by atoms with Crippen molar-refractivity contribution in [3.8, 4) is 11.4 Å². The highest BCUT2D eigenvalue weighted by Gasteiger charge is 2.31. The fourth-order valence-corrected chi connectivity index (χ4v) is 3.34. The van der Waals surface area contributed by atoms with E-state index in [4.69, 9.17) is 4.74 Å². The number of carbonyl (C=O) groups is 2. The number of ether oxygens (including phenoxy) is 1. The van der Waals surface area contributed by atoms with E-state index in [9.17, 15) is 19.5 Å². The number of aliphatic hydroxyl groups is 1. The van der Waals surface area contributed by atoms with Gasteiger partial charge in [0, 0.05) is 19.0 Å². The lowest BCUT2D eigenvalue weighted by atomic mass is 9.92. The third kappa shape index (κ3) is 3.18. The van der Waals surface area contributed by atoms with Gasteiger partial charge in [0.25, 0.3) is 5.56 Å². The Balaban J connectivity index is 1.97. The van der Waals surface area contributed by atoms with E-state index in [-0.39, 0.29) is 29.8 Å². The van der Waals surface area contributed by atoms with Gasteiger partial charge in [-0.25, -0.2) is 9.97 Å². The summed E-state index contributed by atoms with van der Waals surface area (Å²) in [5.41, 5.74) is -0.459. The first-order valence-electron chi connectivity index (χ1n) is 9.03. The second kappa shape index (κ2) is 7.31. The Kier molecular flexibility index (Phi) is 4.67. The molecule has 29 heavy (non-hydrogen) atoms. The molecule has 0 spiro atoms. The molecule has 0 amide bonds. The van der Waals surface area contributed by atoms with E-state index < -0.39 is 22.8 Å². The first-order valence-corrected chi connectivity index (χ1v) is 9.03. The Bertz CT molecular complexity index is 1230. The van der Waals surface area contributed by atoms with Crippen LogP contribution in [0, 0.1) is 0 Å². The lowest BCUT2D eigenvalue weighted by Crippen LogP contribution is -2.31. The molecule has 0 fully saturated rings. The number of ketones is 2. The standard InChI is InChI=1S/C21H17N3O5/c1-29-13-9-7-12(8-10-13)24-20-14(4-3-11-22-20)23-18(21(24)28)19(27)17-15(25)5-2-6-16(17)26/h3-4,7-11,25H,2,5-6H2,1H3. The van der Waals surface area contributed by atoms with E-state index >= 15 is 0 Å². The predicted octanol–water partition coefficient (Wildman–Crippen LogP) is 2.54. The van der Waals surface area contributed by atoms with Gasteiger partial charge in [-0.15, -0.1) is 0 Å². The minimum absolute atomic E-state index is 0.146. The number of pyridine rings is 1. The van der Waals surface area contributed by atoms with Crippen LogP contribution in [0.2, 0.25) is 0 Å². The van der Waals surface area contributed by atoms with Crippen LogP contribution >= 0.6 is 0 Å². The molecule has 8 heteroatoms. The maximum absolute atomic E-state index is 13.2. The monoisotopic (exact) mass is 391 g/mol. The SMILES string of the molecule is COc1ccc(-n2c(=O)c(C(=O)C3=C(O)CCCC3=O)nc3cccnc32)cc1. The van der Waals surface area contributed by atoms with Crippen molar-refractivity contribution in [2.45, 2.75) is 19.3 Å². The van der Waals surface area contributed by atoms with Crippen LogP contribution in [0.4, 0.5) is 0 Å². The van der Waals surface area contributed by atoms with Gasteiger partial charge in [0.15, 0.2) is 17.1 Å². The molecular weight excluding hydrogens is 374 g/mol. The predicted molar refractivity (Wildman–Crippen MR) is 105 cm³/mol. The fourth-order valence-electron chi connectivity index (χ4n) is 3.34. The number of methoxy groups -OCH3 is 1. The van der Waals surface area contributed by atoms with Crippen molar-refractivity contribution in [2.75, 3.05) is 7.11 Å². The van der Waals surface area contributed by atoms with Crippen molar-refractivity contribution in [1.82, 2.24) is 14.5 Å². The van der Waals surface area contributed by atoms with Crippen LogP contribution in [-0.2, 0) is 4.79 Å². The van der Waals surface area contributed by atoms with Crippen molar-refractivity contribution >= 4 is 22.7 Å². The van der Waals surface area contributed by atoms with E-state index in [2.05, 4.69) is 9.97 Å². The van der Waals surface area contributed by atoms with E-state index in [0.29, 0.717) is 23.4 Å². The van der Waals surface area contributed by atoms with Crippen molar-refractivity contribution in [3.05, 3.63) is 70.0 Å². The quantitative estimate of drug-likeness (QED) is 0.537. The summed E-state index contributed by atoms with van der Waals surface area (Å²) >= 11 is 0. The summed E-state index contributed by atoms with van der Waals surface area (Å²) in [6.07, 6.45) is 2.35. The number of allylic oxidation sites excluding steroid dienone is 2. The normalized spacial score (nSPS) is 14.3. The molecule has 1 aliphatic carbocycles. The first-order chi connectivity index (χ1) is 14.0. The van der Waals surface area contributed by atoms with Crippen LogP contribution in [0.25, 0.3) is 16.9 Å². The number of fused-ring (bicyclic) bond motifs is 1. The molecule has 0 radical (unpaired) electrons. The van der Waals surface area contributed by atoms with Crippen LogP contribution in [0.15, 0.2) is 58.7 Å². The number of aliphatic hydroxyl groups excluding tert-OH is 1. The maximum atomic E-state index is 13.2. The van der Waals surface area contributed by atoms with E-state index in [1.54, 1.807) is 36.4 Å². The van der Waals surface area contributed by atoms with Crippen molar-refractivity contribution < 1.29 is 19.4 Å². The van der Waals surface area contributed by atoms with E-state index in [1.807, 2.05) is 0 Å². The molecular formula is C21H17N3O5. The molecule has 0 saturated carbocycles. The maximum Gasteiger partial charge on any atom is 0.286 e. The highest BCUT2D eigenvalue weighted by atomic mass is 16.5. The third-order valence-electron chi connectivity index (χ3n) is 4.77. The number of aromatic nitrogens is 3. The van der Waals surface area contributed by atoms with Gasteiger partial charge in [-0.1, -0.05) is 0 Å². The summed E-state index contributed by atoms with van der Waals surface area (Å²) in [6, 6.07) is 9.93. The molecule has 0 saturated heterocycles. The average Bonchev–Trinajstić information content (AvgIpc) is 2.73. The summed E-state index contributed by atoms with van der Waals surface area (Å²) in [5.74, 6) is -1.05. The molecule has 2 aromatic heterocycles. The number of carbonyl (C=O) groups excluding carboxylic acids is 2. The van der Waals surface area contributed by atoms with Gasteiger partial charge in [0.2, 0.25) is 5.78 Å².